The van der Waals surface area contributed by atoms with E-state index in [4.69, 9.17) is 0 Å². The van der Waals surface area contributed by atoms with Crippen molar-refractivity contribution in [3.63, 3.8) is 0 Å². The zero-order valence-corrected chi connectivity index (χ0v) is 9.60. The summed E-state index contributed by atoms with van der Waals surface area (Å²) < 4.78 is 0. The van der Waals surface area contributed by atoms with Crippen molar-refractivity contribution in [3.05, 3.63) is 54.0 Å². The highest BCUT2D eigenvalue weighted by Crippen LogP contribution is 2.17. The second-order valence-electron chi connectivity index (χ2n) is 4.04. The van der Waals surface area contributed by atoms with Gasteiger partial charge in [-0.2, -0.15) is 5.10 Å². The molecule has 2 heterocycles. The van der Waals surface area contributed by atoms with Crippen molar-refractivity contribution < 1.29 is 4.79 Å². The summed E-state index contributed by atoms with van der Waals surface area (Å²) in [6.07, 6.45) is 5.18. The Labute approximate surface area is 103 Å². The third-order valence-electron chi connectivity index (χ3n) is 2.84. The number of para-hydroxylation sites is 1. The molecule has 1 amide bonds. The number of hydrogen-bond donors (Lipinski definition) is 3. The SMILES string of the molecule is O=C(NCc1cn[nH]c1)c1c[nH]c2ccccc12. The molecule has 3 rings (SSSR count). The Morgan fingerprint density at radius 3 is 3.00 bits per heavy atom. The molecule has 0 aliphatic carbocycles. The summed E-state index contributed by atoms with van der Waals surface area (Å²) in [7, 11) is 0. The molecular formula is C13H12N4O. The number of aromatic nitrogens is 3. The van der Waals surface area contributed by atoms with Gasteiger partial charge in [0.2, 0.25) is 0 Å². The van der Waals surface area contributed by atoms with Gasteiger partial charge in [0.25, 0.3) is 5.91 Å². The average Bonchev–Trinajstić information content (AvgIpc) is 3.05. The number of amides is 1. The number of benzene rings is 1. The van der Waals surface area contributed by atoms with Gasteiger partial charge in [0.1, 0.15) is 0 Å². The van der Waals surface area contributed by atoms with E-state index in [9.17, 15) is 4.79 Å². The summed E-state index contributed by atoms with van der Waals surface area (Å²) in [5, 5.41) is 10.3. The predicted octanol–water partition coefficient (Wildman–Crippen LogP) is 1.82. The van der Waals surface area contributed by atoms with E-state index in [2.05, 4.69) is 20.5 Å². The third kappa shape index (κ3) is 1.86. The van der Waals surface area contributed by atoms with Gasteiger partial charge in [-0.3, -0.25) is 9.89 Å². The van der Waals surface area contributed by atoms with Gasteiger partial charge in [-0.05, 0) is 6.07 Å². The second kappa shape index (κ2) is 4.37. The van der Waals surface area contributed by atoms with E-state index in [1.54, 1.807) is 18.6 Å². The van der Waals surface area contributed by atoms with Crippen LogP contribution >= 0.6 is 0 Å². The summed E-state index contributed by atoms with van der Waals surface area (Å²) in [6.45, 7) is 0.467. The van der Waals surface area contributed by atoms with Crippen LogP contribution in [0.3, 0.4) is 0 Å². The summed E-state index contributed by atoms with van der Waals surface area (Å²) in [5.41, 5.74) is 2.57. The quantitative estimate of drug-likeness (QED) is 0.653. The van der Waals surface area contributed by atoms with Gasteiger partial charge in [-0.15, -0.1) is 0 Å². The number of nitrogens with zero attached hydrogens (tertiary/aromatic N) is 1. The second-order valence-corrected chi connectivity index (χ2v) is 4.04. The highest BCUT2D eigenvalue weighted by Gasteiger charge is 2.11. The van der Waals surface area contributed by atoms with Crippen LogP contribution in [0.5, 0.6) is 0 Å². The zero-order chi connectivity index (χ0) is 12.4. The Bertz CT molecular complexity index is 669. The number of H-pyrrole nitrogens is 2. The molecule has 0 fully saturated rings. The highest BCUT2D eigenvalue weighted by atomic mass is 16.1. The Kier molecular flexibility index (Phi) is 2.57. The maximum absolute atomic E-state index is 12.1. The highest BCUT2D eigenvalue weighted by molar-refractivity contribution is 6.06. The lowest BCUT2D eigenvalue weighted by atomic mass is 10.1. The fourth-order valence-corrected chi connectivity index (χ4v) is 1.91. The van der Waals surface area contributed by atoms with Gasteiger partial charge in [-0.25, -0.2) is 0 Å². The molecule has 2 aromatic heterocycles. The predicted molar refractivity (Wildman–Crippen MR) is 68.1 cm³/mol. The normalized spacial score (nSPS) is 10.7. The Morgan fingerprint density at radius 1 is 1.28 bits per heavy atom. The van der Waals surface area contributed by atoms with Gasteiger partial charge < -0.3 is 10.3 Å². The molecule has 3 aromatic rings. The molecule has 0 saturated heterocycles. The third-order valence-corrected chi connectivity index (χ3v) is 2.84. The minimum atomic E-state index is -0.0892. The van der Waals surface area contributed by atoms with Gasteiger partial charge in [-0.1, -0.05) is 18.2 Å². The minimum Gasteiger partial charge on any atom is -0.360 e. The maximum atomic E-state index is 12.1. The fraction of sp³-hybridized carbons (Fsp3) is 0.0769. The van der Waals surface area contributed by atoms with Crippen molar-refractivity contribution in [3.8, 4) is 0 Å². The number of aromatic amines is 2. The number of nitrogens with one attached hydrogen (secondary N) is 3. The molecule has 0 aliphatic rings. The monoisotopic (exact) mass is 240 g/mol. The average molecular weight is 240 g/mol. The summed E-state index contributed by atoms with van der Waals surface area (Å²) >= 11 is 0. The van der Waals surface area contributed by atoms with Crippen LogP contribution in [0, 0.1) is 0 Å². The molecule has 0 bridgehead atoms. The lowest BCUT2D eigenvalue weighted by Crippen LogP contribution is -2.22. The number of rotatable bonds is 3. The van der Waals surface area contributed by atoms with Crippen LogP contribution in [-0.2, 0) is 6.54 Å². The molecule has 0 aliphatic heterocycles. The minimum absolute atomic E-state index is 0.0892. The standard InChI is InChI=1S/C13H12N4O/c18-13(15-5-9-6-16-17-7-9)11-8-14-12-4-2-1-3-10(11)12/h1-4,6-8,14H,5H2,(H,15,18)(H,16,17). The molecule has 1 aromatic carbocycles. The summed E-state index contributed by atoms with van der Waals surface area (Å²) in [5.74, 6) is -0.0892. The van der Waals surface area contributed by atoms with Gasteiger partial charge in [0, 0.05) is 35.4 Å². The Hall–Kier alpha value is -2.56. The van der Waals surface area contributed by atoms with E-state index >= 15 is 0 Å². The lowest BCUT2D eigenvalue weighted by molar-refractivity contribution is 0.0952. The summed E-state index contributed by atoms with van der Waals surface area (Å²) in [4.78, 5) is 15.1. The van der Waals surface area contributed by atoms with Gasteiger partial charge in [0.05, 0.1) is 11.8 Å². The first-order chi connectivity index (χ1) is 8.84. The smallest absolute Gasteiger partial charge is 0.253 e. The molecule has 5 heteroatoms. The molecule has 0 atom stereocenters. The van der Waals surface area contributed by atoms with Crippen molar-refractivity contribution in [1.29, 1.82) is 0 Å². The summed E-state index contributed by atoms with van der Waals surface area (Å²) in [6, 6.07) is 7.73. The van der Waals surface area contributed by atoms with Crippen LogP contribution < -0.4 is 5.32 Å². The Morgan fingerprint density at radius 2 is 2.17 bits per heavy atom. The van der Waals surface area contributed by atoms with E-state index in [1.165, 1.54) is 0 Å². The Balaban J connectivity index is 1.80. The first kappa shape index (κ1) is 10.6. The van der Waals surface area contributed by atoms with Gasteiger partial charge in [0.15, 0.2) is 0 Å². The number of hydrogen-bond acceptors (Lipinski definition) is 2. The molecule has 0 spiro atoms. The fourth-order valence-electron chi connectivity index (χ4n) is 1.91. The largest absolute Gasteiger partial charge is 0.360 e. The van der Waals surface area contributed by atoms with E-state index in [0.717, 1.165) is 16.5 Å². The van der Waals surface area contributed by atoms with E-state index in [1.807, 2.05) is 24.3 Å². The first-order valence-electron chi connectivity index (χ1n) is 5.66. The van der Waals surface area contributed by atoms with Crippen LogP contribution in [0.15, 0.2) is 42.9 Å². The number of fused-ring (bicyclic) bond motifs is 1. The van der Waals surface area contributed by atoms with Crippen LogP contribution in [0.1, 0.15) is 15.9 Å². The van der Waals surface area contributed by atoms with Crippen LogP contribution in [0.25, 0.3) is 10.9 Å². The van der Waals surface area contributed by atoms with Crippen molar-refractivity contribution in [1.82, 2.24) is 20.5 Å². The van der Waals surface area contributed by atoms with Crippen molar-refractivity contribution >= 4 is 16.8 Å². The van der Waals surface area contributed by atoms with Crippen LogP contribution in [0.4, 0.5) is 0 Å². The molecule has 0 unspecified atom stereocenters. The maximum Gasteiger partial charge on any atom is 0.253 e. The topological polar surface area (TPSA) is 73.6 Å². The first-order valence-corrected chi connectivity index (χ1v) is 5.66. The van der Waals surface area contributed by atoms with E-state index in [0.29, 0.717) is 12.1 Å². The van der Waals surface area contributed by atoms with Crippen molar-refractivity contribution in [2.45, 2.75) is 6.54 Å². The molecule has 18 heavy (non-hydrogen) atoms. The lowest BCUT2D eigenvalue weighted by Gasteiger charge is -2.01. The van der Waals surface area contributed by atoms with Crippen LogP contribution in [-0.4, -0.2) is 21.1 Å². The van der Waals surface area contributed by atoms with Gasteiger partial charge >= 0.3 is 0 Å². The molecule has 0 radical (unpaired) electrons. The zero-order valence-electron chi connectivity index (χ0n) is 9.60. The molecule has 5 nitrogen and oxygen atoms in total. The van der Waals surface area contributed by atoms with Crippen molar-refractivity contribution in [2.24, 2.45) is 0 Å². The molecule has 90 valence electrons. The van der Waals surface area contributed by atoms with Crippen LogP contribution in [0.2, 0.25) is 0 Å². The molecule has 3 N–H and O–H groups in total. The number of carbonyl (C=O) groups excluding carboxylic acids is 1. The molecular weight excluding hydrogens is 228 g/mol. The number of carbonyl (C=O) groups is 1. The van der Waals surface area contributed by atoms with E-state index in [-0.39, 0.29) is 5.91 Å². The molecule has 0 saturated carbocycles. The van der Waals surface area contributed by atoms with E-state index < -0.39 is 0 Å². The van der Waals surface area contributed by atoms with Crippen molar-refractivity contribution in [2.75, 3.05) is 0 Å².